The molecule has 1 aromatic carbocycles. The summed E-state index contributed by atoms with van der Waals surface area (Å²) in [5.74, 6) is 0.00630. The molecule has 8 heteroatoms. The number of aliphatic carboxylic acids is 1. The van der Waals surface area contributed by atoms with Gasteiger partial charge in [0.05, 0.1) is 25.9 Å². The molecule has 186 valence electrons. The Balaban J connectivity index is 1.38. The van der Waals surface area contributed by atoms with Crippen LogP contribution in [0.1, 0.15) is 70.0 Å². The maximum Gasteiger partial charge on any atom is 0.303 e. The molecule has 1 saturated carbocycles. The van der Waals surface area contributed by atoms with E-state index in [9.17, 15) is 19.8 Å². The van der Waals surface area contributed by atoms with Crippen molar-refractivity contribution < 1.29 is 34.0 Å². The topological polar surface area (TPSA) is 106 Å². The highest BCUT2D eigenvalue weighted by molar-refractivity contribution is 5.76. The van der Waals surface area contributed by atoms with Gasteiger partial charge < -0.3 is 29.3 Å². The molecule has 1 spiro atoms. The molecule has 3 aliphatic heterocycles. The standard InChI is InChI=1S/C26H35NO7/c1-25(10-9-22(30)31)19-14-26(16-32-23(19)18-7-4-8-20(28)24(18)34-25)15-27(11-12-33-26)21(29)13-17-5-2-3-6-17/h4,7-8,17,19,23,28H,2-3,5-6,9-16H2,1H3,(H,30,31)/t19-,23+,25-,26+/m0/s1. The van der Waals surface area contributed by atoms with Gasteiger partial charge in [0.25, 0.3) is 0 Å². The van der Waals surface area contributed by atoms with Crippen LogP contribution in [0.5, 0.6) is 11.5 Å². The molecule has 2 saturated heterocycles. The number of para-hydroxylation sites is 1. The van der Waals surface area contributed by atoms with Crippen molar-refractivity contribution in [3.63, 3.8) is 0 Å². The molecule has 2 N–H and O–H groups in total. The summed E-state index contributed by atoms with van der Waals surface area (Å²) in [6.45, 7) is 3.76. The van der Waals surface area contributed by atoms with Crippen molar-refractivity contribution >= 4 is 11.9 Å². The molecule has 1 amide bonds. The van der Waals surface area contributed by atoms with Crippen LogP contribution in [0.25, 0.3) is 0 Å². The summed E-state index contributed by atoms with van der Waals surface area (Å²) in [6.07, 6.45) is 5.80. The van der Waals surface area contributed by atoms with Gasteiger partial charge in [0.1, 0.15) is 11.2 Å². The van der Waals surface area contributed by atoms with Crippen molar-refractivity contribution in [1.82, 2.24) is 4.90 Å². The number of rotatable bonds is 5. The van der Waals surface area contributed by atoms with E-state index in [1.54, 1.807) is 12.1 Å². The molecule has 0 radical (unpaired) electrons. The number of fused-ring (bicyclic) bond motifs is 3. The van der Waals surface area contributed by atoms with Gasteiger partial charge in [-0.2, -0.15) is 0 Å². The van der Waals surface area contributed by atoms with Crippen LogP contribution in [0.4, 0.5) is 0 Å². The summed E-state index contributed by atoms with van der Waals surface area (Å²) in [6, 6.07) is 5.22. The number of benzene rings is 1. The van der Waals surface area contributed by atoms with Gasteiger partial charge >= 0.3 is 5.97 Å². The Morgan fingerprint density at radius 2 is 2.03 bits per heavy atom. The summed E-state index contributed by atoms with van der Waals surface area (Å²) < 4.78 is 19.1. The number of carbonyl (C=O) groups excluding carboxylic acids is 1. The number of phenols is 1. The van der Waals surface area contributed by atoms with Crippen LogP contribution >= 0.6 is 0 Å². The molecule has 0 unspecified atom stereocenters. The van der Waals surface area contributed by atoms with Crippen molar-refractivity contribution in [3.05, 3.63) is 23.8 Å². The van der Waals surface area contributed by atoms with E-state index in [1.807, 2.05) is 17.9 Å². The minimum Gasteiger partial charge on any atom is -0.504 e. The van der Waals surface area contributed by atoms with Crippen molar-refractivity contribution in [3.8, 4) is 11.5 Å². The monoisotopic (exact) mass is 473 g/mol. The molecule has 5 rings (SSSR count). The van der Waals surface area contributed by atoms with E-state index in [4.69, 9.17) is 14.2 Å². The largest absolute Gasteiger partial charge is 0.504 e. The quantitative estimate of drug-likeness (QED) is 0.672. The molecule has 0 aromatic heterocycles. The lowest BCUT2D eigenvalue weighted by molar-refractivity contribution is -0.233. The molecule has 4 atom stereocenters. The smallest absolute Gasteiger partial charge is 0.303 e. The Morgan fingerprint density at radius 3 is 2.79 bits per heavy atom. The number of hydrogen-bond donors (Lipinski definition) is 2. The number of aromatic hydroxyl groups is 1. The Bertz CT molecular complexity index is 945. The average molecular weight is 474 g/mol. The number of nitrogens with zero attached hydrogens (tertiary/aromatic N) is 1. The second-order valence-electron chi connectivity index (χ2n) is 10.7. The Labute approximate surface area is 200 Å². The lowest BCUT2D eigenvalue weighted by Gasteiger charge is -2.55. The van der Waals surface area contributed by atoms with Crippen molar-refractivity contribution in [2.45, 2.75) is 75.6 Å². The number of carboxylic acid groups (broad SMARTS) is 1. The third-order valence-corrected chi connectivity index (χ3v) is 8.31. The second kappa shape index (κ2) is 9.04. The maximum atomic E-state index is 13.1. The van der Waals surface area contributed by atoms with Gasteiger partial charge in [-0.25, -0.2) is 0 Å². The van der Waals surface area contributed by atoms with E-state index in [2.05, 4.69) is 0 Å². The normalized spacial score (nSPS) is 33.3. The summed E-state index contributed by atoms with van der Waals surface area (Å²) >= 11 is 0. The first-order valence-corrected chi connectivity index (χ1v) is 12.5. The molecule has 3 fully saturated rings. The molecule has 1 aromatic rings. The van der Waals surface area contributed by atoms with E-state index in [1.165, 1.54) is 12.8 Å². The minimum atomic E-state index is -0.895. The summed E-state index contributed by atoms with van der Waals surface area (Å²) in [7, 11) is 0. The number of amides is 1. The number of ether oxygens (including phenoxy) is 3. The third-order valence-electron chi connectivity index (χ3n) is 8.31. The molecular formula is C26H35NO7. The SMILES string of the molecule is C[C@@]1(CCC(=O)O)Oc2c(O)cccc2[C@H]2OC[C@@]3(C[C@@H]21)CN(C(=O)CC1CCCC1)CCO3. The Hall–Kier alpha value is -2.32. The molecule has 34 heavy (non-hydrogen) atoms. The van der Waals surface area contributed by atoms with E-state index in [0.717, 1.165) is 18.4 Å². The summed E-state index contributed by atoms with van der Waals surface area (Å²) in [5, 5.41) is 19.8. The van der Waals surface area contributed by atoms with Gasteiger partial charge in [0.2, 0.25) is 5.91 Å². The van der Waals surface area contributed by atoms with Crippen LogP contribution < -0.4 is 4.74 Å². The summed E-state index contributed by atoms with van der Waals surface area (Å²) in [5.41, 5.74) is -0.730. The van der Waals surface area contributed by atoms with E-state index in [-0.39, 0.29) is 36.5 Å². The first-order valence-electron chi connectivity index (χ1n) is 12.5. The highest BCUT2D eigenvalue weighted by Crippen LogP contribution is 2.55. The third kappa shape index (κ3) is 4.38. The van der Waals surface area contributed by atoms with E-state index in [0.29, 0.717) is 50.8 Å². The lowest BCUT2D eigenvalue weighted by atomic mass is 9.69. The summed E-state index contributed by atoms with van der Waals surface area (Å²) in [4.78, 5) is 26.4. The average Bonchev–Trinajstić information content (AvgIpc) is 3.32. The van der Waals surface area contributed by atoms with Gasteiger partial charge in [-0.15, -0.1) is 0 Å². The van der Waals surface area contributed by atoms with Crippen LogP contribution in [-0.4, -0.2) is 64.5 Å². The number of phenolic OH excluding ortho intramolecular Hbond substituents is 1. The zero-order chi connectivity index (χ0) is 23.9. The fourth-order valence-electron chi connectivity index (χ4n) is 6.40. The molecule has 0 bridgehead atoms. The van der Waals surface area contributed by atoms with E-state index >= 15 is 0 Å². The van der Waals surface area contributed by atoms with E-state index < -0.39 is 17.2 Å². The van der Waals surface area contributed by atoms with Gasteiger partial charge in [-0.05, 0) is 44.6 Å². The lowest BCUT2D eigenvalue weighted by Crippen LogP contribution is -2.62. The van der Waals surface area contributed by atoms with Crippen LogP contribution in [0, 0.1) is 11.8 Å². The number of carbonyl (C=O) groups is 2. The van der Waals surface area contributed by atoms with Crippen LogP contribution in [0.15, 0.2) is 18.2 Å². The fraction of sp³-hybridized carbons (Fsp3) is 0.692. The first-order chi connectivity index (χ1) is 16.3. The highest BCUT2D eigenvalue weighted by Gasteiger charge is 2.56. The first kappa shape index (κ1) is 23.4. The van der Waals surface area contributed by atoms with Gasteiger partial charge in [0, 0.05) is 30.9 Å². The molecular weight excluding hydrogens is 438 g/mol. The molecule has 3 heterocycles. The zero-order valence-electron chi connectivity index (χ0n) is 19.8. The second-order valence-corrected chi connectivity index (χ2v) is 10.7. The minimum absolute atomic E-state index is 0.0268. The predicted octanol–water partition coefficient (Wildman–Crippen LogP) is 3.66. The van der Waals surface area contributed by atoms with Gasteiger partial charge in [-0.3, -0.25) is 9.59 Å². The van der Waals surface area contributed by atoms with Crippen molar-refractivity contribution in [1.29, 1.82) is 0 Å². The molecule has 8 nitrogen and oxygen atoms in total. The Morgan fingerprint density at radius 1 is 1.24 bits per heavy atom. The Kier molecular flexibility index (Phi) is 6.23. The van der Waals surface area contributed by atoms with Crippen molar-refractivity contribution in [2.24, 2.45) is 11.8 Å². The zero-order valence-corrected chi connectivity index (χ0v) is 19.8. The number of carboxylic acids is 1. The van der Waals surface area contributed by atoms with Crippen molar-refractivity contribution in [2.75, 3.05) is 26.3 Å². The molecule has 4 aliphatic rings. The maximum absolute atomic E-state index is 13.1. The number of hydrogen-bond acceptors (Lipinski definition) is 6. The predicted molar refractivity (Wildman–Crippen MR) is 123 cm³/mol. The van der Waals surface area contributed by atoms with Crippen LogP contribution in [0.3, 0.4) is 0 Å². The molecule has 1 aliphatic carbocycles. The van der Waals surface area contributed by atoms with Crippen LogP contribution in [-0.2, 0) is 19.1 Å². The number of morpholine rings is 1. The van der Waals surface area contributed by atoms with Gasteiger partial charge in [-0.1, -0.05) is 25.0 Å². The highest BCUT2D eigenvalue weighted by atomic mass is 16.6. The fourth-order valence-corrected chi connectivity index (χ4v) is 6.40. The van der Waals surface area contributed by atoms with Crippen LogP contribution in [0.2, 0.25) is 0 Å². The van der Waals surface area contributed by atoms with Gasteiger partial charge in [0.15, 0.2) is 11.5 Å².